The summed E-state index contributed by atoms with van der Waals surface area (Å²) in [6, 6.07) is 6.10. The first-order valence-corrected chi connectivity index (χ1v) is 7.32. The van der Waals surface area contributed by atoms with Gasteiger partial charge in [0.25, 0.3) is 0 Å². The number of pyridine rings is 1. The molecule has 0 saturated heterocycles. The third kappa shape index (κ3) is 2.95. The van der Waals surface area contributed by atoms with Crippen molar-refractivity contribution in [1.29, 1.82) is 0 Å². The van der Waals surface area contributed by atoms with Crippen LogP contribution >= 0.6 is 0 Å². The maximum Gasteiger partial charge on any atom is 0.133 e. The number of rotatable bonds is 3. The molecule has 104 valence electrons. The Morgan fingerprint density at radius 2 is 2.00 bits per heavy atom. The number of hydrogen-bond acceptors (Lipinski definition) is 4. The molecule has 1 aliphatic carbocycles. The number of nitrogens with one attached hydrogen (secondary N) is 1. The Labute approximate surface area is 119 Å². The predicted octanol–water partition coefficient (Wildman–Crippen LogP) is 3.06. The smallest absolute Gasteiger partial charge is 0.133 e. The Morgan fingerprint density at radius 1 is 1.10 bits per heavy atom. The summed E-state index contributed by atoms with van der Waals surface area (Å²) in [5.74, 6) is 0.986. The fourth-order valence-corrected chi connectivity index (χ4v) is 2.72. The summed E-state index contributed by atoms with van der Waals surface area (Å²) < 4.78 is 0. The van der Waals surface area contributed by atoms with E-state index in [1.807, 2.05) is 25.1 Å². The molecular weight excluding hydrogens is 248 g/mol. The van der Waals surface area contributed by atoms with E-state index in [1.54, 1.807) is 6.33 Å². The zero-order chi connectivity index (χ0) is 13.8. The van der Waals surface area contributed by atoms with E-state index in [0.29, 0.717) is 6.54 Å². The van der Waals surface area contributed by atoms with Gasteiger partial charge in [0.2, 0.25) is 0 Å². The first kappa shape index (κ1) is 13.0. The molecule has 20 heavy (non-hydrogen) atoms. The van der Waals surface area contributed by atoms with Crippen LogP contribution in [0.1, 0.15) is 41.9 Å². The molecule has 0 saturated carbocycles. The number of nitrogens with zero attached hydrogens (tertiary/aromatic N) is 3. The molecule has 1 N–H and O–H groups in total. The van der Waals surface area contributed by atoms with Crippen LogP contribution in [0, 0.1) is 6.92 Å². The monoisotopic (exact) mass is 268 g/mol. The van der Waals surface area contributed by atoms with Gasteiger partial charge in [-0.05, 0) is 44.7 Å². The second-order valence-electron chi connectivity index (χ2n) is 5.33. The number of hydrogen-bond donors (Lipinski definition) is 1. The minimum atomic E-state index is 0.713. The van der Waals surface area contributed by atoms with Crippen LogP contribution in [0.4, 0.5) is 5.82 Å². The molecule has 0 atom stereocenters. The topological polar surface area (TPSA) is 50.7 Å². The fourth-order valence-electron chi connectivity index (χ4n) is 2.72. The lowest BCUT2D eigenvalue weighted by atomic mass is 10.1. The van der Waals surface area contributed by atoms with Gasteiger partial charge >= 0.3 is 0 Å². The molecule has 4 nitrogen and oxygen atoms in total. The largest absolute Gasteiger partial charge is 0.364 e. The molecule has 0 radical (unpaired) electrons. The van der Waals surface area contributed by atoms with Crippen molar-refractivity contribution >= 4 is 5.82 Å². The van der Waals surface area contributed by atoms with Crippen LogP contribution in [-0.2, 0) is 19.4 Å². The minimum absolute atomic E-state index is 0.713. The average molecular weight is 268 g/mol. The van der Waals surface area contributed by atoms with E-state index in [2.05, 4.69) is 20.3 Å². The van der Waals surface area contributed by atoms with Crippen molar-refractivity contribution in [3.8, 4) is 0 Å². The Kier molecular flexibility index (Phi) is 3.90. The highest BCUT2D eigenvalue weighted by atomic mass is 15.0. The van der Waals surface area contributed by atoms with Gasteiger partial charge in [0, 0.05) is 17.0 Å². The first-order valence-electron chi connectivity index (χ1n) is 7.32. The normalized spacial score (nSPS) is 14.4. The summed E-state index contributed by atoms with van der Waals surface area (Å²) in [5, 5.41) is 3.43. The van der Waals surface area contributed by atoms with E-state index in [0.717, 1.165) is 30.0 Å². The number of aromatic nitrogens is 3. The van der Waals surface area contributed by atoms with Crippen molar-refractivity contribution < 1.29 is 0 Å². The van der Waals surface area contributed by atoms with Crippen molar-refractivity contribution in [2.45, 2.75) is 45.6 Å². The Balaban J connectivity index is 1.77. The molecule has 2 aromatic heterocycles. The van der Waals surface area contributed by atoms with Gasteiger partial charge in [-0.3, -0.25) is 4.98 Å². The van der Waals surface area contributed by atoms with Gasteiger partial charge in [-0.1, -0.05) is 12.5 Å². The van der Waals surface area contributed by atoms with Gasteiger partial charge in [0.15, 0.2) is 0 Å². The molecule has 4 heteroatoms. The third-order valence-electron chi connectivity index (χ3n) is 3.76. The standard InChI is InChI=1S/C16H20N4/c1-12-6-5-7-13(20-12)10-17-16-14-8-3-2-4-9-15(14)18-11-19-16/h5-7,11H,2-4,8-10H2,1H3,(H,17,18,19). The Bertz CT molecular complexity index is 595. The summed E-state index contributed by atoms with van der Waals surface area (Å²) in [6.07, 6.45) is 7.60. The lowest BCUT2D eigenvalue weighted by molar-refractivity contribution is 0.708. The van der Waals surface area contributed by atoms with E-state index in [-0.39, 0.29) is 0 Å². The molecule has 0 spiro atoms. The van der Waals surface area contributed by atoms with Gasteiger partial charge in [-0.15, -0.1) is 0 Å². The first-order chi connectivity index (χ1) is 9.83. The molecule has 3 rings (SSSR count). The Hall–Kier alpha value is -1.97. The highest BCUT2D eigenvalue weighted by molar-refractivity contribution is 5.46. The highest BCUT2D eigenvalue weighted by Crippen LogP contribution is 2.24. The number of anilines is 1. The van der Waals surface area contributed by atoms with Crippen molar-refractivity contribution in [3.63, 3.8) is 0 Å². The molecule has 0 amide bonds. The summed E-state index contributed by atoms with van der Waals surface area (Å²) >= 11 is 0. The van der Waals surface area contributed by atoms with Crippen LogP contribution in [0.15, 0.2) is 24.5 Å². The van der Waals surface area contributed by atoms with Crippen molar-refractivity contribution in [3.05, 3.63) is 47.2 Å². The van der Waals surface area contributed by atoms with Crippen molar-refractivity contribution in [2.24, 2.45) is 0 Å². The van der Waals surface area contributed by atoms with E-state index < -0.39 is 0 Å². The number of aryl methyl sites for hydroxylation is 2. The molecule has 0 fully saturated rings. The lowest BCUT2D eigenvalue weighted by Gasteiger charge is -2.12. The van der Waals surface area contributed by atoms with Gasteiger partial charge in [0.05, 0.1) is 12.2 Å². The third-order valence-corrected chi connectivity index (χ3v) is 3.76. The molecule has 0 unspecified atom stereocenters. The van der Waals surface area contributed by atoms with Gasteiger partial charge < -0.3 is 5.32 Å². The second-order valence-corrected chi connectivity index (χ2v) is 5.33. The Morgan fingerprint density at radius 3 is 2.90 bits per heavy atom. The SMILES string of the molecule is Cc1cccc(CNc2ncnc3c2CCCCC3)n1. The minimum Gasteiger partial charge on any atom is -0.364 e. The highest BCUT2D eigenvalue weighted by Gasteiger charge is 2.14. The fraction of sp³-hybridized carbons (Fsp3) is 0.438. The molecule has 0 aromatic carbocycles. The van der Waals surface area contributed by atoms with Gasteiger partial charge in [-0.25, -0.2) is 9.97 Å². The zero-order valence-electron chi connectivity index (χ0n) is 11.9. The van der Waals surface area contributed by atoms with Crippen molar-refractivity contribution in [1.82, 2.24) is 15.0 Å². The second kappa shape index (κ2) is 5.99. The van der Waals surface area contributed by atoms with Crippen LogP contribution in [0.2, 0.25) is 0 Å². The molecular formula is C16H20N4. The summed E-state index contributed by atoms with van der Waals surface area (Å²) in [7, 11) is 0. The molecule has 0 aliphatic heterocycles. The summed E-state index contributed by atoms with van der Waals surface area (Å²) in [4.78, 5) is 13.4. The van der Waals surface area contributed by atoms with Crippen LogP contribution in [0.3, 0.4) is 0 Å². The van der Waals surface area contributed by atoms with E-state index >= 15 is 0 Å². The average Bonchev–Trinajstić information content (AvgIpc) is 2.71. The maximum atomic E-state index is 4.51. The zero-order valence-corrected chi connectivity index (χ0v) is 11.9. The van der Waals surface area contributed by atoms with Crippen molar-refractivity contribution in [2.75, 3.05) is 5.32 Å². The van der Waals surface area contributed by atoms with Gasteiger partial charge in [0.1, 0.15) is 12.1 Å². The van der Waals surface area contributed by atoms with Crippen LogP contribution in [0.25, 0.3) is 0 Å². The molecule has 0 bridgehead atoms. The van der Waals surface area contributed by atoms with Gasteiger partial charge in [-0.2, -0.15) is 0 Å². The van der Waals surface area contributed by atoms with Crippen LogP contribution < -0.4 is 5.32 Å². The van der Waals surface area contributed by atoms with Crippen LogP contribution in [-0.4, -0.2) is 15.0 Å². The predicted molar refractivity (Wildman–Crippen MR) is 79.6 cm³/mol. The maximum absolute atomic E-state index is 4.51. The summed E-state index contributed by atoms with van der Waals surface area (Å²) in [6.45, 7) is 2.73. The quantitative estimate of drug-likeness (QED) is 0.869. The van der Waals surface area contributed by atoms with Crippen LogP contribution in [0.5, 0.6) is 0 Å². The lowest BCUT2D eigenvalue weighted by Crippen LogP contribution is -2.09. The molecule has 1 aliphatic rings. The molecule has 2 aromatic rings. The van der Waals surface area contributed by atoms with E-state index in [1.165, 1.54) is 30.5 Å². The number of fused-ring (bicyclic) bond motifs is 1. The van der Waals surface area contributed by atoms with E-state index in [4.69, 9.17) is 0 Å². The summed E-state index contributed by atoms with van der Waals surface area (Å²) in [5.41, 5.74) is 4.62. The molecule has 2 heterocycles. The van der Waals surface area contributed by atoms with E-state index in [9.17, 15) is 0 Å².